The lowest BCUT2D eigenvalue weighted by atomic mass is 9.80. The lowest BCUT2D eigenvalue weighted by molar-refractivity contribution is 0.0442. The number of ether oxygens (including phenoxy) is 2. The van der Waals surface area contributed by atoms with Gasteiger partial charge in [-0.2, -0.15) is 4.98 Å². The second-order valence-electron chi connectivity index (χ2n) is 10.5. The Morgan fingerprint density at radius 2 is 1.87 bits per heavy atom. The van der Waals surface area contributed by atoms with Crippen LogP contribution in [0.4, 0.5) is 17.6 Å². The molecule has 3 aliphatic heterocycles. The molecule has 1 aromatic carbocycles. The minimum Gasteiger partial charge on any atom is -0.475 e. The van der Waals surface area contributed by atoms with Crippen LogP contribution >= 0.6 is 0 Å². The molecule has 3 aromatic rings. The molecule has 0 saturated carbocycles. The molecular weight excluding hydrogens is 499 g/mol. The third-order valence-corrected chi connectivity index (χ3v) is 7.36. The Bertz CT molecular complexity index is 1380. The highest BCUT2D eigenvalue weighted by Crippen LogP contribution is 2.34. The number of aliphatic hydroxyl groups excluding tert-OH is 1. The maximum absolute atomic E-state index is 10.2. The van der Waals surface area contributed by atoms with Crippen LogP contribution in [0.3, 0.4) is 0 Å². The van der Waals surface area contributed by atoms with E-state index in [9.17, 15) is 10.1 Å². The molecule has 0 unspecified atom stereocenters. The molecule has 6 rings (SSSR count). The minimum absolute atomic E-state index is 0.144. The fourth-order valence-corrected chi connectivity index (χ4v) is 5.16. The van der Waals surface area contributed by atoms with Gasteiger partial charge in [0.25, 0.3) is 0 Å². The van der Waals surface area contributed by atoms with Crippen LogP contribution < -0.4 is 16.1 Å². The van der Waals surface area contributed by atoms with Crippen molar-refractivity contribution in [3.05, 3.63) is 65.5 Å². The maximum atomic E-state index is 10.2. The molecule has 4 N–H and O–H groups in total. The number of fused-ring (bicyclic) bond motifs is 1. The summed E-state index contributed by atoms with van der Waals surface area (Å²) in [7, 11) is -1.01. The van der Waals surface area contributed by atoms with Crippen molar-refractivity contribution in [2.24, 2.45) is 4.99 Å². The summed E-state index contributed by atoms with van der Waals surface area (Å²) in [6, 6.07) is 12.8. The summed E-state index contributed by atoms with van der Waals surface area (Å²) in [6.07, 6.45) is 3.25. The molecular formula is C27H31BN6O5. The van der Waals surface area contributed by atoms with Gasteiger partial charge in [-0.1, -0.05) is 36.4 Å². The number of nitrogens with one attached hydrogen (secondary N) is 2. The number of anilines is 3. The van der Waals surface area contributed by atoms with Gasteiger partial charge in [0.05, 0.1) is 29.5 Å². The lowest BCUT2D eigenvalue weighted by Gasteiger charge is -2.28. The minimum atomic E-state index is -1.01. The van der Waals surface area contributed by atoms with Gasteiger partial charge in [0.1, 0.15) is 23.8 Å². The predicted octanol–water partition coefficient (Wildman–Crippen LogP) is 2.04. The molecule has 2 aromatic heterocycles. The summed E-state index contributed by atoms with van der Waals surface area (Å²) in [6.45, 7) is 5.36. The van der Waals surface area contributed by atoms with E-state index in [1.54, 1.807) is 18.3 Å². The molecule has 1 fully saturated rings. The highest BCUT2D eigenvalue weighted by atomic mass is 16.5. The molecule has 1 atom stereocenters. The van der Waals surface area contributed by atoms with Crippen molar-refractivity contribution in [1.29, 1.82) is 0 Å². The van der Waals surface area contributed by atoms with Crippen LogP contribution in [-0.2, 0) is 19.7 Å². The molecule has 0 radical (unpaired) electrons. The van der Waals surface area contributed by atoms with Gasteiger partial charge in [0.15, 0.2) is 0 Å². The SMILES string of the molecule is CC1(C)OB(O)c2ccc(Nc3ncc(C4=NC5(CCOCC5)CO4)c(N[C@H](CO)c4ccccc4)n3)nc21. The smallest absolute Gasteiger partial charge is 0.475 e. The van der Waals surface area contributed by atoms with Gasteiger partial charge in [0, 0.05) is 24.9 Å². The zero-order valence-electron chi connectivity index (χ0n) is 21.9. The summed E-state index contributed by atoms with van der Waals surface area (Å²) in [5.41, 5.74) is 1.77. The van der Waals surface area contributed by atoms with E-state index in [4.69, 9.17) is 24.1 Å². The van der Waals surface area contributed by atoms with E-state index in [2.05, 4.69) is 20.6 Å². The molecule has 0 aliphatic carbocycles. The van der Waals surface area contributed by atoms with E-state index >= 15 is 0 Å². The van der Waals surface area contributed by atoms with Crippen LogP contribution in [0.1, 0.15) is 49.6 Å². The molecule has 0 amide bonds. The highest BCUT2D eigenvalue weighted by molar-refractivity contribution is 6.61. The Balaban J connectivity index is 1.34. The van der Waals surface area contributed by atoms with Crippen molar-refractivity contribution in [2.75, 3.05) is 37.1 Å². The Hall–Kier alpha value is -3.58. The first-order chi connectivity index (χ1) is 18.9. The van der Waals surface area contributed by atoms with Crippen LogP contribution in [0.2, 0.25) is 0 Å². The zero-order valence-corrected chi connectivity index (χ0v) is 21.9. The summed E-state index contributed by atoms with van der Waals surface area (Å²) in [4.78, 5) is 18.9. The van der Waals surface area contributed by atoms with E-state index in [1.807, 2.05) is 44.2 Å². The summed E-state index contributed by atoms with van der Waals surface area (Å²) in [5.74, 6) is 1.75. The maximum Gasteiger partial charge on any atom is 0.493 e. The zero-order chi connectivity index (χ0) is 27.0. The van der Waals surface area contributed by atoms with E-state index < -0.39 is 18.8 Å². The van der Waals surface area contributed by atoms with Crippen LogP contribution in [0, 0.1) is 0 Å². The van der Waals surface area contributed by atoms with Crippen molar-refractivity contribution in [3.8, 4) is 0 Å². The summed E-state index contributed by atoms with van der Waals surface area (Å²) in [5, 5.41) is 26.9. The van der Waals surface area contributed by atoms with Crippen molar-refractivity contribution < 1.29 is 24.3 Å². The number of aromatic nitrogens is 3. The average Bonchev–Trinajstić information content (AvgIpc) is 3.44. The molecule has 11 nitrogen and oxygen atoms in total. The Morgan fingerprint density at radius 1 is 1.08 bits per heavy atom. The fourth-order valence-electron chi connectivity index (χ4n) is 5.16. The lowest BCUT2D eigenvalue weighted by Crippen LogP contribution is -2.35. The van der Waals surface area contributed by atoms with Crippen molar-refractivity contribution in [1.82, 2.24) is 15.0 Å². The molecule has 3 aliphatic rings. The first kappa shape index (κ1) is 25.7. The van der Waals surface area contributed by atoms with Crippen LogP contribution in [0.15, 0.2) is 53.7 Å². The van der Waals surface area contributed by atoms with Gasteiger partial charge in [-0.15, -0.1) is 0 Å². The van der Waals surface area contributed by atoms with Gasteiger partial charge in [-0.3, -0.25) is 0 Å². The molecule has 5 heterocycles. The number of aliphatic hydroxyl groups is 1. The number of nitrogens with zero attached hydrogens (tertiary/aromatic N) is 4. The number of hydrogen-bond acceptors (Lipinski definition) is 11. The van der Waals surface area contributed by atoms with E-state index in [0.29, 0.717) is 60.0 Å². The fraction of sp³-hybridized carbons (Fsp3) is 0.407. The van der Waals surface area contributed by atoms with E-state index in [1.165, 1.54) is 0 Å². The summed E-state index contributed by atoms with van der Waals surface area (Å²) >= 11 is 0. The van der Waals surface area contributed by atoms with Gasteiger partial charge < -0.3 is 34.9 Å². The standard InChI is InChI=1S/C27H31BN6O5/c1-26(2)22-19(28(36)39-26)8-9-21(31-22)32-25-29-14-18(24-34-27(16-38-24)10-12-37-13-11-27)23(33-25)30-20(15-35)17-6-4-3-5-7-17/h3-9,14,20,35-36H,10-13,15-16H2,1-2H3,(H2,29,30,31,32,33)/t20-/m1/s1. The average molecular weight is 530 g/mol. The normalized spacial score (nSPS) is 19.8. The van der Waals surface area contributed by atoms with E-state index in [0.717, 1.165) is 18.4 Å². The third kappa shape index (κ3) is 5.08. The molecule has 39 heavy (non-hydrogen) atoms. The number of rotatable bonds is 7. The van der Waals surface area contributed by atoms with Crippen LogP contribution in [0.5, 0.6) is 0 Å². The molecule has 12 heteroatoms. The first-order valence-corrected chi connectivity index (χ1v) is 13.1. The first-order valence-electron chi connectivity index (χ1n) is 13.1. The predicted molar refractivity (Wildman–Crippen MR) is 146 cm³/mol. The van der Waals surface area contributed by atoms with Gasteiger partial charge in [0.2, 0.25) is 11.8 Å². The van der Waals surface area contributed by atoms with Crippen molar-refractivity contribution in [2.45, 2.75) is 43.9 Å². The van der Waals surface area contributed by atoms with Crippen LogP contribution in [-0.4, -0.2) is 70.1 Å². The molecule has 202 valence electrons. The van der Waals surface area contributed by atoms with Gasteiger partial charge >= 0.3 is 7.12 Å². The Labute approximate surface area is 226 Å². The Morgan fingerprint density at radius 3 is 2.64 bits per heavy atom. The number of hydrogen-bond donors (Lipinski definition) is 4. The van der Waals surface area contributed by atoms with Crippen molar-refractivity contribution >= 4 is 36.1 Å². The molecule has 1 spiro atoms. The molecule has 1 saturated heterocycles. The largest absolute Gasteiger partial charge is 0.493 e. The van der Waals surface area contributed by atoms with Gasteiger partial charge in [-0.25, -0.2) is 15.0 Å². The third-order valence-electron chi connectivity index (χ3n) is 7.36. The Kier molecular flexibility index (Phi) is 6.71. The number of aliphatic imine (C=N–C) groups is 1. The van der Waals surface area contributed by atoms with Crippen LogP contribution in [0.25, 0.3) is 0 Å². The second-order valence-corrected chi connectivity index (χ2v) is 10.5. The van der Waals surface area contributed by atoms with Crippen molar-refractivity contribution in [3.63, 3.8) is 0 Å². The number of benzene rings is 1. The highest BCUT2D eigenvalue weighted by Gasteiger charge is 2.42. The topological polar surface area (TPSA) is 143 Å². The van der Waals surface area contributed by atoms with E-state index in [-0.39, 0.29) is 12.1 Å². The van der Waals surface area contributed by atoms with Gasteiger partial charge in [-0.05, 0) is 38.3 Å². The quantitative estimate of drug-likeness (QED) is 0.335. The molecule has 0 bridgehead atoms. The second kappa shape index (κ2) is 10.2. The number of pyridine rings is 1. The monoisotopic (exact) mass is 530 g/mol. The summed E-state index contributed by atoms with van der Waals surface area (Å²) < 4.78 is 17.2.